The van der Waals surface area contributed by atoms with Gasteiger partial charge in [-0.25, -0.2) is 0 Å². The molecule has 22 heavy (non-hydrogen) atoms. The maximum absolute atomic E-state index is 10.3. The van der Waals surface area contributed by atoms with Gasteiger partial charge in [0.15, 0.2) is 0 Å². The fourth-order valence-electron chi connectivity index (χ4n) is 7.53. The number of hydrogen-bond donors (Lipinski definition) is 2. The highest BCUT2D eigenvalue weighted by atomic mass is 16.3. The van der Waals surface area contributed by atoms with Gasteiger partial charge >= 0.3 is 0 Å². The summed E-state index contributed by atoms with van der Waals surface area (Å²) in [6, 6.07) is 0. The molecule has 2 N–H and O–H groups in total. The third-order valence-corrected chi connectivity index (χ3v) is 9.26. The Morgan fingerprint density at radius 3 is 2.55 bits per heavy atom. The summed E-state index contributed by atoms with van der Waals surface area (Å²) in [5.41, 5.74) is 1.77. The predicted octanol–water partition coefficient (Wildman–Crippen LogP) is 4.14. The van der Waals surface area contributed by atoms with Gasteiger partial charge in [-0.2, -0.15) is 0 Å². The van der Waals surface area contributed by atoms with Crippen LogP contribution in [0.2, 0.25) is 0 Å². The molecule has 4 rings (SSSR count). The average molecular weight is 306 g/mol. The molecule has 0 aliphatic heterocycles. The Morgan fingerprint density at radius 1 is 1.05 bits per heavy atom. The first-order valence-corrected chi connectivity index (χ1v) is 9.59. The molecule has 4 saturated carbocycles. The van der Waals surface area contributed by atoms with E-state index in [0.717, 1.165) is 24.7 Å². The van der Waals surface area contributed by atoms with Crippen molar-refractivity contribution in [3.8, 4) is 0 Å². The summed E-state index contributed by atoms with van der Waals surface area (Å²) in [7, 11) is 0. The van der Waals surface area contributed by atoms with E-state index < -0.39 is 6.10 Å². The summed E-state index contributed by atoms with van der Waals surface area (Å²) in [6.45, 7) is 7.27. The van der Waals surface area contributed by atoms with Crippen LogP contribution < -0.4 is 0 Å². The maximum Gasteiger partial charge on any atom is 0.0824 e. The summed E-state index contributed by atoms with van der Waals surface area (Å²) < 4.78 is 0. The number of rotatable bonds is 2. The average Bonchev–Trinajstić information content (AvgIpc) is 3.12. The topological polar surface area (TPSA) is 40.5 Å². The first kappa shape index (κ1) is 15.4. The minimum Gasteiger partial charge on any atom is -0.394 e. The van der Waals surface area contributed by atoms with Crippen LogP contribution in [-0.2, 0) is 0 Å². The van der Waals surface area contributed by atoms with E-state index in [1.54, 1.807) is 0 Å². The first-order chi connectivity index (χ1) is 10.3. The molecule has 0 heterocycles. The fourth-order valence-corrected chi connectivity index (χ4v) is 7.53. The molecule has 126 valence electrons. The summed E-state index contributed by atoms with van der Waals surface area (Å²) in [5, 5.41) is 19.7. The van der Waals surface area contributed by atoms with Gasteiger partial charge in [-0.15, -0.1) is 0 Å². The number of aliphatic hydroxyl groups excluding tert-OH is 2. The molecule has 4 aliphatic rings. The molecule has 2 heteroatoms. The van der Waals surface area contributed by atoms with Gasteiger partial charge in [0, 0.05) is 0 Å². The zero-order valence-corrected chi connectivity index (χ0v) is 14.7. The lowest BCUT2D eigenvalue weighted by Crippen LogP contribution is -2.54. The van der Waals surface area contributed by atoms with Crippen LogP contribution in [0.15, 0.2) is 0 Å². The number of aliphatic hydroxyl groups is 2. The second-order valence-electron chi connectivity index (χ2n) is 10.1. The lowest BCUT2D eigenvalue weighted by molar-refractivity contribution is -0.133. The second-order valence-corrected chi connectivity index (χ2v) is 10.1. The van der Waals surface area contributed by atoms with E-state index in [1.807, 2.05) is 0 Å². The predicted molar refractivity (Wildman–Crippen MR) is 88.4 cm³/mol. The Hall–Kier alpha value is -0.0800. The van der Waals surface area contributed by atoms with Crippen molar-refractivity contribution < 1.29 is 10.2 Å². The minimum atomic E-state index is -0.537. The van der Waals surface area contributed by atoms with E-state index >= 15 is 0 Å². The van der Waals surface area contributed by atoms with E-state index in [4.69, 9.17) is 0 Å². The Morgan fingerprint density at radius 2 is 1.82 bits per heavy atom. The third kappa shape index (κ3) is 1.75. The van der Waals surface area contributed by atoms with Crippen molar-refractivity contribution in [2.45, 2.75) is 84.7 Å². The number of hydrogen-bond acceptors (Lipinski definition) is 2. The molecule has 4 fully saturated rings. The molecule has 0 aromatic rings. The lowest BCUT2D eigenvalue weighted by atomic mass is 9.45. The van der Waals surface area contributed by atoms with Crippen molar-refractivity contribution in [1.82, 2.24) is 0 Å². The highest BCUT2D eigenvalue weighted by molar-refractivity contribution is 5.22. The van der Waals surface area contributed by atoms with Crippen molar-refractivity contribution >= 4 is 0 Å². The van der Waals surface area contributed by atoms with Gasteiger partial charge in [0.25, 0.3) is 0 Å². The molecule has 7 unspecified atom stereocenters. The third-order valence-electron chi connectivity index (χ3n) is 9.26. The summed E-state index contributed by atoms with van der Waals surface area (Å²) in [5.74, 6) is 1.68. The molecule has 0 radical (unpaired) electrons. The molecular weight excluding hydrogens is 272 g/mol. The monoisotopic (exact) mass is 306 g/mol. The fraction of sp³-hybridized carbons (Fsp3) is 1.00. The van der Waals surface area contributed by atoms with Crippen LogP contribution >= 0.6 is 0 Å². The molecule has 7 atom stereocenters. The minimum absolute atomic E-state index is 0.0645. The number of fused-ring (bicyclic) bond motifs is 2. The normalized spacial score (nSPS) is 58.2. The van der Waals surface area contributed by atoms with Crippen molar-refractivity contribution in [3.63, 3.8) is 0 Å². The summed E-state index contributed by atoms with van der Waals surface area (Å²) in [4.78, 5) is 0. The highest BCUT2D eigenvalue weighted by Gasteiger charge is 2.73. The van der Waals surface area contributed by atoms with E-state index in [9.17, 15) is 10.2 Å². The van der Waals surface area contributed by atoms with Gasteiger partial charge in [0.05, 0.1) is 12.7 Å². The molecule has 0 aromatic heterocycles. The summed E-state index contributed by atoms with van der Waals surface area (Å²) in [6.07, 6.45) is 11.5. The SMILES string of the molecule is CC1(C(O)CO)CCC2(C)C(CCC34CC3(C)CCCC24)C1. The molecular formula is C20H34O2. The Labute approximate surface area is 135 Å². The Balaban J connectivity index is 1.61. The summed E-state index contributed by atoms with van der Waals surface area (Å²) >= 11 is 0. The van der Waals surface area contributed by atoms with Gasteiger partial charge in [-0.3, -0.25) is 0 Å². The van der Waals surface area contributed by atoms with Crippen LogP contribution in [0.4, 0.5) is 0 Å². The van der Waals surface area contributed by atoms with Gasteiger partial charge < -0.3 is 10.2 Å². The van der Waals surface area contributed by atoms with Gasteiger partial charge in [-0.05, 0) is 84.9 Å². The van der Waals surface area contributed by atoms with Gasteiger partial charge in [0.2, 0.25) is 0 Å². The quantitative estimate of drug-likeness (QED) is 0.805. The van der Waals surface area contributed by atoms with E-state index in [0.29, 0.717) is 16.2 Å². The standard InChI is InChI=1S/C20H34O2/c1-17(16(22)12-21)9-10-19(3)14(11-17)6-8-20-13-18(20,2)7-4-5-15(19)20/h14-16,21-22H,4-13H2,1-3H3. The van der Waals surface area contributed by atoms with Crippen molar-refractivity contribution in [1.29, 1.82) is 0 Å². The van der Waals surface area contributed by atoms with Crippen LogP contribution in [0.1, 0.15) is 78.6 Å². The Kier molecular flexibility index (Phi) is 3.16. The van der Waals surface area contributed by atoms with Crippen LogP contribution in [-0.4, -0.2) is 22.9 Å². The molecule has 0 aromatic carbocycles. The van der Waals surface area contributed by atoms with Crippen LogP contribution in [0, 0.1) is 33.5 Å². The van der Waals surface area contributed by atoms with E-state index in [-0.39, 0.29) is 12.0 Å². The van der Waals surface area contributed by atoms with Crippen LogP contribution in [0.3, 0.4) is 0 Å². The molecule has 0 bridgehead atoms. The van der Waals surface area contributed by atoms with Crippen molar-refractivity contribution in [3.05, 3.63) is 0 Å². The Bertz CT molecular complexity index is 476. The highest BCUT2D eigenvalue weighted by Crippen LogP contribution is 2.81. The van der Waals surface area contributed by atoms with Crippen LogP contribution in [0.25, 0.3) is 0 Å². The molecule has 0 amide bonds. The van der Waals surface area contributed by atoms with Crippen molar-refractivity contribution in [2.75, 3.05) is 6.61 Å². The second kappa shape index (κ2) is 4.51. The molecule has 0 saturated heterocycles. The molecule has 1 spiro atoms. The van der Waals surface area contributed by atoms with Crippen molar-refractivity contribution in [2.24, 2.45) is 33.5 Å². The van der Waals surface area contributed by atoms with Crippen LogP contribution in [0.5, 0.6) is 0 Å². The zero-order valence-electron chi connectivity index (χ0n) is 14.7. The molecule has 4 aliphatic carbocycles. The lowest BCUT2D eigenvalue weighted by Gasteiger charge is -2.60. The first-order valence-electron chi connectivity index (χ1n) is 9.59. The van der Waals surface area contributed by atoms with Gasteiger partial charge in [-0.1, -0.05) is 27.2 Å². The van der Waals surface area contributed by atoms with E-state index in [2.05, 4.69) is 20.8 Å². The largest absolute Gasteiger partial charge is 0.394 e. The zero-order chi connectivity index (χ0) is 15.8. The molecule has 2 nitrogen and oxygen atoms in total. The van der Waals surface area contributed by atoms with E-state index in [1.165, 1.54) is 44.9 Å². The maximum atomic E-state index is 10.3. The van der Waals surface area contributed by atoms with Gasteiger partial charge in [0.1, 0.15) is 0 Å². The smallest absolute Gasteiger partial charge is 0.0824 e.